The van der Waals surface area contributed by atoms with Crippen LogP contribution in [0.15, 0.2) is 0 Å². The van der Waals surface area contributed by atoms with E-state index in [0.717, 1.165) is 30.8 Å². The van der Waals surface area contributed by atoms with E-state index in [1.807, 2.05) is 0 Å². The molecule has 0 aromatic rings. The molecule has 0 radical (unpaired) electrons. The summed E-state index contributed by atoms with van der Waals surface area (Å²) < 4.78 is 0. The highest BCUT2D eigenvalue weighted by Crippen LogP contribution is 2.76. The highest BCUT2D eigenvalue weighted by molar-refractivity contribution is 5.86. The van der Waals surface area contributed by atoms with E-state index in [0.29, 0.717) is 11.3 Å². The van der Waals surface area contributed by atoms with Crippen molar-refractivity contribution in [3.8, 4) is 0 Å². The van der Waals surface area contributed by atoms with Crippen LogP contribution in [0.1, 0.15) is 59.8 Å². The number of hydrogen-bond donors (Lipinski definition) is 0. The normalized spacial score (nSPS) is 38.3. The Bertz CT molecular complexity index is 357. The molecule has 1 amide bonds. The lowest BCUT2D eigenvalue weighted by Crippen LogP contribution is -2.70. The van der Waals surface area contributed by atoms with Gasteiger partial charge in [-0.3, -0.25) is 4.79 Å². The first kappa shape index (κ1) is 13.5. The first-order chi connectivity index (χ1) is 8.89. The number of rotatable bonds is 3. The van der Waals surface area contributed by atoms with Gasteiger partial charge in [0, 0.05) is 13.1 Å². The van der Waals surface area contributed by atoms with E-state index in [2.05, 4.69) is 32.6 Å². The highest BCUT2D eigenvalue weighted by atomic mass is 16.2. The second-order valence-corrected chi connectivity index (χ2v) is 8.20. The summed E-state index contributed by atoms with van der Waals surface area (Å²) in [5, 5.41) is 0. The Balaban J connectivity index is 1.54. The van der Waals surface area contributed by atoms with Crippen LogP contribution >= 0.6 is 0 Å². The minimum Gasteiger partial charge on any atom is -0.342 e. The summed E-state index contributed by atoms with van der Waals surface area (Å²) in [6, 6.07) is 0. The summed E-state index contributed by atoms with van der Waals surface area (Å²) in [5.74, 6) is 2.86. The molecule has 0 N–H and O–H groups in total. The number of carbonyl (C=O) groups excluding carboxylic acids is 1. The molecular formula is C17H29NO. The molecule has 3 saturated carbocycles. The molecular weight excluding hydrogens is 234 g/mol. The lowest BCUT2D eigenvalue weighted by atomic mass is 9.32. The average Bonchev–Trinajstić information content (AvgIpc) is 2.24. The van der Waals surface area contributed by atoms with E-state index in [1.54, 1.807) is 0 Å². The van der Waals surface area contributed by atoms with Crippen LogP contribution in [0, 0.1) is 28.6 Å². The van der Waals surface area contributed by atoms with Crippen molar-refractivity contribution in [3.63, 3.8) is 0 Å². The summed E-state index contributed by atoms with van der Waals surface area (Å²) in [6.07, 6.45) is 5.98. The maximum atomic E-state index is 12.7. The fraction of sp³-hybridized carbons (Fsp3) is 0.941. The van der Waals surface area contributed by atoms with Crippen molar-refractivity contribution in [2.75, 3.05) is 13.1 Å². The summed E-state index contributed by atoms with van der Waals surface area (Å²) in [4.78, 5) is 14.9. The highest BCUT2D eigenvalue weighted by Gasteiger charge is 2.72. The molecule has 3 aliphatic carbocycles. The Kier molecular flexibility index (Phi) is 3.00. The molecule has 2 nitrogen and oxygen atoms in total. The van der Waals surface area contributed by atoms with Crippen LogP contribution < -0.4 is 0 Å². The predicted molar refractivity (Wildman–Crippen MR) is 77.7 cm³/mol. The van der Waals surface area contributed by atoms with Crippen molar-refractivity contribution in [1.29, 1.82) is 0 Å². The van der Waals surface area contributed by atoms with Crippen molar-refractivity contribution in [2.24, 2.45) is 28.6 Å². The van der Waals surface area contributed by atoms with E-state index in [9.17, 15) is 4.79 Å². The van der Waals surface area contributed by atoms with Gasteiger partial charge in [0.25, 0.3) is 0 Å². The topological polar surface area (TPSA) is 20.3 Å². The first-order valence-electron chi connectivity index (χ1n) is 8.18. The average molecular weight is 263 g/mol. The Morgan fingerprint density at radius 1 is 1.05 bits per heavy atom. The third-order valence-electron chi connectivity index (χ3n) is 6.52. The molecule has 4 aliphatic rings. The fourth-order valence-electron chi connectivity index (χ4n) is 4.81. The molecule has 0 spiro atoms. The molecule has 108 valence electrons. The zero-order valence-corrected chi connectivity index (χ0v) is 13.0. The summed E-state index contributed by atoms with van der Waals surface area (Å²) in [7, 11) is 0. The van der Waals surface area contributed by atoms with Gasteiger partial charge in [-0.25, -0.2) is 0 Å². The molecule has 0 aromatic heterocycles. The van der Waals surface area contributed by atoms with Gasteiger partial charge in [0.15, 0.2) is 0 Å². The SMILES string of the molecule is CC(C)C1CCN(C(=O)C23CC(C(C)C)(C2)C3)CC1. The van der Waals surface area contributed by atoms with Crippen LogP contribution in [0.2, 0.25) is 0 Å². The second-order valence-electron chi connectivity index (χ2n) is 8.20. The number of hydrogen-bond acceptors (Lipinski definition) is 1. The Morgan fingerprint density at radius 3 is 2.00 bits per heavy atom. The fourth-order valence-corrected chi connectivity index (χ4v) is 4.81. The number of piperidine rings is 1. The number of carbonyl (C=O) groups is 1. The monoisotopic (exact) mass is 263 g/mol. The van der Waals surface area contributed by atoms with Crippen LogP contribution in [-0.4, -0.2) is 23.9 Å². The van der Waals surface area contributed by atoms with Crippen LogP contribution in [0.25, 0.3) is 0 Å². The van der Waals surface area contributed by atoms with Gasteiger partial charge in [-0.05, 0) is 55.3 Å². The Morgan fingerprint density at radius 2 is 1.58 bits per heavy atom. The zero-order chi connectivity index (χ0) is 13.8. The molecule has 4 fully saturated rings. The molecule has 2 heteroatoms. The second kappa shape index (κ2) is 4.23. The standard InChI is InChI=1S/C17H29NO/c1-12(2)14-5-7-18(8-6-14)15(19)17-9-16(10-17,11-17)13(3)4/h12-14H,5-11H2,1-4H3. The molecule has 19 heavy (non-hydrogen) atoms. The molecule has 1 heterocycles. The van der Waals surface area contributed by atoms with Gasteiger partial charge in [0.05, 0.1) is 5.41 Å². The van der Waals surface area contributed by atoms with Crippen LogP contribution in [0.3, 0.4) is 0 Å². The van der Waals surface area contributed by atoms with Crippen LogP contribution in [0.5, 0.6) is 0 Å². The first-order valence-corrected chi connectivity index (χ1v) is 8.18. The minimum absolute atomic E-state index is 0.0922. The largest absolute Gasteiger partial charge is 0.342 e. The number of likely N-dealkylation sites (tertiary alicyclic amines) is 1. The molecule has 1 saturated heterocycles. The van der Waals surface area contributed by atoms with E-state index in [4.69, 9.17) is 0 Å². The van der Waals surface area contributed by atoms with Gasteiger partial charge in [-0.2, -0.15) is 0 Å². The van der Waals surface area contributed by atoms with Crippen molar-refractivity contribution < 1.29 is 4.79 Å². The van der Waals surface area contributed by atoms with Gasteiger partial charge in [0.1, 0.15) is 0 Å². The number of amides is 1. The summed E-state index contributed by atoms with van der Waals surface area (Å²) >= 11 is 0. The molecule has 4 rings (SSSR count). The quantitative estimate of drug-likeness (QED) is 0.760. The minimum atomic E-state index is 0.0922. The van der Waals surface area contributed by atoms with E-state index < -0.39 is 0 Å². The maximum Gasteiger partial charge on any atom is 0.228 e. The lowest BCUT2D eigenvalue weighted by molar-refractivity contribution is -0.233. The summed E-state index contributed by atoms with van der Waals surface area (Å²) in [5.41, 5.74) is 0.640. The van der Waals surface area contributed by atoms with Crippen molar-refractivity contribution in [3.05, 3.63) is 0 Å². The van der Waals surface area contributed by atoms with Gasteiger partial charge >= 0.3 is 0 Å². The van der Waals surface area contributed by atoms with Crippen LogP contribution in [0.4, 0.5) is 0 Å². The van der Waals surface area contributed by atoms with Crippen molar-refractivity contribution in [2.45, 2.75) is 59.8 Å². The molecule has 0 atom stereocenters. The smallest absolute Gasteiger partial charge is 0.228 e. The third kappa shape index (κ3) is 1.86. The lowest BCUT2D eigenvalue weighted by Gasteiger charge is -2.72. The van der Waals surface area contributed by atoms with Gasteiger partial charge in [0.2, 0.25) is 5.91 Å². The predicted octanol–water partition coefficient (Wildman–Crippen LogP) is 3.71. The van der Waals surface area contributed by atoms with Crippen LogP contribution in [-0.2, 0) is 4.79 Å². The van der Waals surface area contributed by atoms with Gasteiger partial charge < -0.3 is 4.90 Å². The molecule has 0 aromatic carbocycles. The number of nitrogens with zero attached hydrogens (tertiary/aromatic N) is 1. The van der Waals surface area contributed by atoms with Crippen molar-refractivity contribution in [1.82, 2.24) is 4.90 Å². The Hall–Kier alpha value is -0.530. The van der Waals surface area contributed by atoms with E-state index in [1.165, 1.54) is 32.1 Å². The van der Waals surface area contributed by atoms with Crippen molar-refractivity contribution >= 4 is 5.91 Å². The third-order valence-corrected chi connectivity index (χ3v) is 6.52. The zero-order valence-electron chi connectivity index (χ0n) is 13.0. The molecule has 2 bridgehead atoms. The maximum absolute atomic E-state index is 12.7. The van der Waals surface area contributed by atoms with Gasteiger partial charge in [-0.1, -0.05) is 27.7 Å². The Labute approximate surface area is 117 Å². The summed E-state index contributed by atoms with van der Waals surface area (Å²) in [6.45, 7) is 11.3. The van der Waals surface area contributed by atoms with Gasteiger partial charge in [-0.15, -0.1) is 0 Å². The molecule has 0 unspecified atom stereocenters. The molecule has 1 aliphatic heterocycles. The van der Waals surface area contributed by atoms with E-state index in [-0.39, 0.29) is 5.41 Å². The van der Waals surface area contributed by atoms with E-state index >= 15 is 0 Å².